The predicted molar refractivity (Wildman–Crippen MR) is 23.6 cm³/mol. The van der Waals surface area contributed by atoms with Gasteiger partial charge in [-0.25, -0.2) is 0 Å². The molecule has 0 saturated heterocycles. The van der Waals surface area contributed by atoms with Crippen LogP contribution in [0.1, 0.15) is 13.3 Å². The summed E-state index contributed by atoms with van der Waals surface area (Å²) in [6.07, 6.45) is 1.33. The molecule has 0 heterocycles. The third-order valence-corrected chi connectivity index (χ3v) is 1.06. The van der Waals surface area contributed by atoms with Gasteiger partial charge in [-0.1, -0.05) is 13.3 Å². The molecular formula is C3H9RbSi. The van der Waals surface area contributed by atoms with E-state index in [0.717, 1.165) is 0 Å². The van der Waals surface area contributed by atoms with E-state index < -0.39 is 0 Å². The van der Waals surface area contributed by atoms with Crippen LogP contribution in [0.3, 0.4) is 0 Å². The van der Waals surface area contributed by atoms with Gasteiger partial charge in [0.1, 0.15) is 0 Å². The number of rotatable bonds is 1. The molecule has 0 nitrogen and oxygen atoms in total. The molecule has 0 atom stereocenters. The minimum atomic E-state index is 0. The summed E-state index contributed by atoms with van der Waals surface area (Å²) in [5.74, 6) is 0. The van der Waals surface area contributed by atoms with Crippen molar-refractivity contribution in [1.29, 1.82) is 0 Å². The van der Waals surface area contributed by atoms with E-state index in [-0.39, 0.29) is 58.2 Å². The van der Waals surface area contributed by atoms with Crippen LogP contribution in [0.5, 0.6) is 0 Å². The van der Waals surface area contributed by atoms with Crippen LogP contribution in [0.25, 0.3) is 0 Å². The first-order valence-corrected chi connectivity index (χ1v) is 2.71. The quantitative estimate of drug-likeness (QED) is 0.369. The first-order chi connectivity index (χ1) is 1.91. The molecule has 26 valence electrons. The van der Waals surface area contributed by atoms with Gasteiger partial charge < -0.3 is 0 Å². The van der Waals surface area contributed by atoms with E-state index in [0.29, 0.717) is 0 Å². The monoisotopic (exact) mass is 158 g/mol. The number of hydrogen-bond acceptors (Lipinski definition) is 0. The molecule has 0 bridgehead atoms. The molecule has 0 aliphatic rings. The molecule has 0 aliphatic carbocycles. The Morgan fingerprint density at radius 3 is 1.80 bits per heavy atom. The van der Waals surface area contributed by atoms with Crippen molar-refractivity contribution in [3.63, 3.8) is 0 Å². The van der Waals surface area contributed by atoms with Crippen LogP contribution in [0, 0.1) is 0 Å². The zero-order valence-electron chi connectivity index (χ0n) is 4.12. The van der Waals surface area contributed by atoms with E-state index in [4.69, 9.17) is 0 Å². The Bertz CT molecular complexity index is 8.85. The van der Waals surface area contributed by atoms with Gasteiger partial charge in [-0.05, 0) is 0 Å². The van der Waals surface area contributed by atoms with Crippen LogP contribution in [-0.2, 0) is 0 Å². The van der Waals surface area contributed by atoms with Gasteiger partial charge in [-0.15, -0.1) is 0 Å². The van der Waals surface area contributed by atoms with Crippen molar-refractivity contribution in [1.82, 2.24) is 0 Å². The average molecular weight is 159 g/mol. The second kappa shape index (κ2) is 9.39. The minimum absolute atomic E-state index is 0. The van der Waals surface area contributed by atoms with E-state index in [2.05, 4.69) is 6.92 Å². The third kappa shape index (κ3) is 10.7. The summed E-state index contributed by atoms with van der Waals surface area (Å²) in [5, 5.41) is 0. The fourth-order valence-electron chi connectivity index (χ4n) is 0. The van der Waals surface area contributed by atoms with Crippen LogP contribution in [0.15, 0.2) is 0 Å². The van der Waals surface area contributed by atoms with E-state index >= 15 is 0 Å². The molecule has 0 amide bonds. The standard InChI is InChI=1S/C3H9Si.Rb/c1-2-3-4;/h2-4H2,1H3;/q-1;+1. The van der Waals surface area contributed by atoms with Gasteiger partial charge in [-0.3, -0.25) is 10.2 Å². The molecule has 0 aromatic rings. The van der Waals surface area contributed by atoms with Crippen LogP contribution >= 0.6 is 0 Å². The van der Waals surface area contributed by atoms with E-state index in [1.165, 1.54) is 12.5 Å². The predicted octanol–water partition coefficient (Wildman–Crippen LogP) is -2.55. The SMILES string of the molecule is CCC[SiH2-].[Rb+]. The largest absolute Gasteiger partial charge is 1.00 e. The first-order valence-electron chi connectivity index (χ1n) is 1.71. The van der Waals surface area contributed by atoms with E-state index in [9.17, 15) is 0 Å². The van der Waals surface area contributed by atoms with Crippen LogP contribution in [-0.4, -0.2) is 10.2 Å². The zero-order valence-corrected chi connectivity index (χ0v) is 10.5. The molecule has 0 N–H and O–H groups in total. The summed E-state index contributed by atoms with van der Waals surface area (Å²) >= 11 is 0. The van der Waals surface area contributed by atoms with Gasteiger partial charge in [-0.2, -0.15) is 6.04 Å². The summed E-state index contributed by atoms with van der Waals surface area (Å²) in [6.45, 7) is 2.19. The van der Waals surface area contributed by atoms with Gasteiger partial charge in [0.2, 0.25) is 0 Å². The summed E-state index contributed by atoms with van der Waals surface area (Å²) in [7, 11) is 2.02. The first kappa shape index (κ1) is 10.1. The Labute approximate surface area is 85.9 Å². The molecule has 0 aromatic heterocycles. The van der Waals surface area contributed by atoms with Crippen molar-refractivity contribution in [2.75, 3.05) is 0 Å². The third-order valence-electron chi connectivity index (χ3n) is 0.354. The molecule has 0 aromatic carbocycles. The molecule has 0 saturated carbocycles. The Kier molecular flexibility index (Phi) is 19.0. The minimum Gasteiger partial charge on any atom is -0.296 e. The van der Waals surface area contributed by atoms with E-state index in [1.807, 2.05) is 10.2 Å². The Morgan fingerprint density at radius 1 is 1.60 bits per heavy atom. The Hall–Kier alpha value is 2.02. The van der Waals surface area contributed by atoms with Crippen molar-refractivity contribution in [3.8, 4) is 0 Å². The van der Waals surface area contributed by atoms with Crippen molar-refractivity contribution >= 4 is 10.2 Å². The molecule has 0 rings (SSSR count). The summed E-state index contributed by atoms with van der Waals surface area (Å²) < 4.78 is 0. The van der Waals surface area contributed by atoms with E-state index in [1.54, 1.807) is 0 Å². The molecular weight excluding hydrogens is 150 g/mol. The number of hydrogen-bond donors (Lipinski definition) is 0. The molecule has 2 heteroatoms. The van der Waals surface area contributed by atoms with Gasteiger partial charge >= 0.3 is 58.2 Å². The second-order valence-electron chi connectivity index (χ2n) is 0.854. The van der Waals surface area contributed by atoms with Crippen molar-refractivity contribution in [2.45, 2.75) is 19.4 Å². The fourth-order valence-corrected chi connectivity index (χ4v) is 0. The van der Waals surface area contributed by atoms with Crippen LogP contribution in [0.2, 0.25) is 6.04 Å². The summed E-state index contributed by atoms with van der Waals surface area (Å²) in [6, 6.07) is 1.35. The summed E-state index contributed by atoms with van der Waals surface area (Å²) in [4.78, 5) is 0. The van der Waals surface area contributed by atoms with Crippen molar-refractivity contribution in [2.24, 2.45) is 0 Å². The molecule has 5 heavy (non-hydrogen) atoms. The maximum absolute atomic E-state index is 2.19. The molecule has 0 unspecified atom stereocenters. The molecule has 0 radical (unpaired) electrons. The fraction of sp³-hybridized carbons (Fsp3) is 1.00. The second-order valence-corrected chi connectivity index (χ2v) is 1.56. The topological polar surface area (TPSA) is 0 Å². The van der Waals surface area contributed by atoms with Gasteiger partial charge in [0.25, 0.3) is 0 Å². The summed E-state index contributed by atoms with van der Waals surface area (Å²) in [5.41, 5.74) is 0. The Balaban J connectivity index is 0. The normalized spacial score (nSPS) is 6.00. The van der Waals surface area contributed by atoms with Gasteiger partial charge in [0.05, 0.1) is 0 Å². The maximum atomic E-state index is 2.19. The zero-order chi connectivity index (χ0) is 3.41. The van der Waals surface area contributed by atoms with Gasteiger partial charge in [0, 0.05) is 0 Å². The van der Waals surface area contributed by atoms with Crippen molar-refractivity contribution in [3.05, 3.63) is 0 Å². The Morgan fingerprint density at radius 2 is 1.80 bits per heavy atom. The maximum Gasteiger partial charge on any atom is 1.00 e. The molecule has 0 fully saturated rings. The van der Waals surface area contributed by atoms with Gasteiger partial charge in [0.15, 0.2) is 0 Å². The molecule has 0 aliphatic heterocycles. The average Bonchev–Trinajstić information content (AvgIpc) is 1.37. The molecule has 0 spiro atoms. The van der Waals surface area contributed by atoms with Crippen LogP contribution < -0.4 is 58.2 Å². The van der Waals surface area contributed by atoms with Crippen LogP contribution in [0.4, 0.5) is 0 Å². The van der Waals surface area contributed by atoms with Crippen molar-refractivity contribution < 1.29 is 58.2 Å². The smallest absolute Gasteiger partial charge is 0.296 e.